The van der Waals surface area contributed by atoms with Crippen LogP contribution < -0.4 is 10.6 Å². The zero-order valence-corrected chi connectivity index (χ0v) is 9.35. The van der Waals surface area contributed by atoms with Crippen LogP contribution in [0.25, 0.3) is 0 Å². The number of nitrogens with one attached hydrogen (secondary N) is 2. The smallest absolute Gasteiger partial charge is 0.0593 e. The Morgan fingerprint density at radius 3 is 3.07 bits per heavy atom. The van der Waals surface area contributed by atoms with Gasteiger partial charge in [0.25, 0.3) is 0 Å². The molecule has 80 valence electrons. The van der Waals surface area contributed by atoms with Crippen molar-refractivity contribution >= 4 is 23.0 Å². The topological polar surface area (TPSA) is 24.1 Å². The third-order valence-corrected chi connectivity index (χ3v) is 3.77. The molecule has 3 rings (SSSR count). The van der Waals surface area contributed by atoms with Crippen LogP contribution in [0.4, 0.5) is 11.4 Å². The number of benzene rings is 1. The van der Waals surface area contributed by atoms with Gasteiger partial charge in [-0.2, -0.15) is 0 Å². The predicted molar refractivity (Wildman–Crippen MR) is 64.7 cm³/mol. The molecule has 1 fully saturated rings. The lowest BCUT2D eigenvalue weighted by molar-refractivity contribution is 0.537. The van der Waals surface area contributed by atoms with Crippen LogP contribution in [0.1, 0.15) is 19.3 Å². The van der Waals surface area contributed by atoms with Crippen LogP contribution >= 0.6 is 11.6 Å². The zero-order valence-electron chi connectivity index (χ0n) is 8.59. The first-order chi connectivity index (χ1) is 7.33. The summed E-state index contributed by atoms with van der Waals surface area (Å²) in [5, 5.41) is 7.92. The van der Waals surface area contributed by atoms with E-state index in [-0.39, 0.29) is 0 Å². The summed E-state index contributed by atoms with van der Waals surface area (Å²) in [4.78, 5) is 0. The minimum atomic E-state index is 0.636. The molecule has 2 aliphatic rings. The highest BCUT2D eigenvalue weighted by atomic mass is 35.5. The Bertz CT molecular complexity index is 378. The SMILES string of the molecule is Clc1ccc2c(c1)NC1CCCC1CN2. The van der Waals surface area contributed by atoms with Crippen LogP contribution in [0.2, 0.25) is 5.02 Å². The second-order valence-electron chi connectivity index (χ2n) is 4.51. The van der Waals surface area contributed by atoms with E-state index < -0.39 is 0 Å². The second kappa shape index (κ2) is 3.60. The molecule has 1 aliphatic carbocycles. The number of anilines is 2. The fourth-order valence-electron chi connectivity index (χ4n) is 2.70. The first kappa shape index (κ1) is 9.34. The van der Waals surface area contributed by atoms with E-state index in [4.69, 9.17) is 11.6 Å². The highest BCUT2D eigenvalue weighted by molar-refractivity contribution is 6.31. The first-order valence-corrected chi connectivity index (χ1v) is 6.01. The van der Waals surface area contributed by atoms with Crippen molar-refractivity contribution < 1.29 is 0 Å². The van der Waals surface area contributed by atoms with Crippen molar-refractivity contribution in [1.82, 2.24) is 0 Å². The lowest BCUT2D eigenvalue weighted by atomic mass is 10.0. The molecule has 2 N–H and O–H groups in total. The Kier molecular flexibility index (Phi) is 2.24. The minimum Gasteiger partial charge on any atom is -0.383 e. The van der Waals surface area contributed by atoms with Crippen LogP contribution in [-0.2, 0) is 0 Å². The molecule has 3 heteroatoms. The average Bonchev–Trinajstić information content (AvgIpc) is 2.58. The normalized spacial score (nSPS) is 28.3. The van der Waals surface area contributed by atoms with E-state index in [1.165, 1.54) is 24.9 Å². The summed E-state index contributed by atoms with van der Waals surface area (Å²) in [7, 11) is 0. The van der Waals surface area contributed by atoms with Crippen LogP contribution in [0.3, 0.4) is 0 Å². The summed E-state index contributed by atoms with van der Waals surface area (Å²) < 4.78 is 0. The lowest BCUT2D eigenvalue weighted by Gasteiger charge is -2.17. The summed E-state index contributed by atoms with van der Waals surface area (Å²) in [6, 6.07) is 6.66. The van der Waals surface area contributed by atoms with Gasteiger partial charge in [-0.3, -0.25) is 0 Å². The van der Waals surface area contributed by atoms with Gasteiger partial charge in [-0.1, -0.05) is 18.0 Å². The molecule has 2 unspecified atom stereocenters. The molecule has 1 aromatic carbocycles. The lowest BCUT2D eigenvalue weighted by Crippen LogP contribution is -2.25. The molecule has 2 atom stereocenters. The molecule has 1 aromatic rings. The van der Waals surface area contributed by atoms with Gasteiger partial charge in [0, 0.05) is 17.6 Å². The molecular weight excluding hydrogens is 208 g/mol. The van der Waals surface area contributed by atoms with Gasteiger partial charge in [0.2, 0.25) is 0 Å². The second-order valence-corrected chi connectivity index (χ2v) is 4.95. The maximum atomic E-state index is 6.01. The summed E-state index contributed by atoms with van der Waals surface area (Å²) in [6.45, 7) is 1.09. The molecule has 2 nitrogen and oxygen atoms in total. The average molecular weight is 223 g/mol. The van der Waals surface area contributed by atoms with Gasteiger partial charge >= 0.3 is 0 Å². The molecule has 1 heterocycles. The van der Waals surface area contributed by atoms with E-state index in [9.17, 15) is 0 Å². The molecule has 0 spiro atoms. The summed E-state index contributed by atoms with van der Waals surface area (Å²) in [6.07, 6.45) is 3.98. The van der Waals surface area contributed by atoms with Crippen molar-refractivity contribution in [2.75, 3.05) is 17.2 Å². The Morgan fingerprint density at radius 1 is 1.20 bits per heavy atom. The Labute approximate surface area is 95.0 Å². The van der Waals surface area contributed by atoms with Crippen molar-refractivity contribution in [3.05, 3.63) is 23.2 Å². The van der Waals surface area contributed by atoms with Crippen molar-refractivity contribution in [2.45, 2.75) is 25.3 Å². The maximum absolute atomic E-state index is 6.01. The summed E-state index contributed by atoms with van der Waals surface area (Å²) in [5.74, 6) is 0.774. The van der Waals surface area contributed by atoms with Crippen LogP contribution in [0.15, 0.2) is 18.2 Å². The molecule has 0 radical (unpaired) electrons. The van der Waals surface area contributed by atoms with Crippen molar-refractivity contribution in [2.24, 2.45) is 5.92 Å². The summed E-state index contributed by atoms with van der Waals surface area (Å²) in [5.41, 5.74) is 2.35. The van der Waals surface area contributed by atoms with E-state index in [0.29, 0.717) is 6.04 Å². The highest BCUT2D eigenvalue weighted by Gasteiger charge is 2.29. The Balaban J connectivity index is 1.94. The van der Waals surface area contributed by atoms with E-state index in [1.807, 2.05) is 12.1 Å². The number of halogens is 1. The standard InChI is InChI=1S/C12H15ClN2/c13-9-4-5-11-12(6-9)15-10-3-1-2-8(10)7-14-11/h4-6,8,10,14-15H,1-3,7H2. The fourth-order valence-corrected chi connectivity index (χ4v) is 2.87. The highest BCUT2D eigenvalue weighted by Crippen LogP contribution is 2.35. The van der Waals surface area contributed by atoms with Crippen molar-refractivity contribution in [3.8, 4) is 0 Å². The third-order valence-electron chi connectivity index (χ3n) is 3.54. The van der Waals surface area contributed by atoms with Gasteiger partial charge in [0.05, 0.1) is 11.4 Å². The van der Waals surface area contributed by atoms with E-state index in [2.05, 4.69) is 16.7 Å². The molecular formula is C12H15ClN2. The van der Waals surface area contributed by atoms with Gasteiger partial charge in [-0.05, 0) is 37.0 Å². The minimum absolute atomic E-state index is 0.636. The van der Waals surface area contributed by atoms with Crippen molar-refractivity contribution in [1.29, 1.82) is 0 Å². The fraction of sp³-hybridized carbons (Fsp3) is 0.500. The Hall–Kier alpha value is -0.890. The number of rotatable bonds is 0. The van der Waals surface area contributed by atoms with Crippen LogP contribution in [0, 0.1) is 5.92 Å². The van der Waals surface area contributed by atoms with Crippen LogP contribution in [0.5, 0.6) is 0 Å². The van der Waals surface area contributed by atoms with Crippen LogP contribution in [-0.4, -0.2) is 12.6 Å². The molecule has 0 saturated heterocycles. The molecule has 0 bridgehead atoms. The van der Waals surface area contributed by atoms with Gasteiger partial charge in [-0.25, -0.2) is 0 Å². The third kappa shape index (κ3) is 1.67. The molecule has 1 aliphatic heterocycles. The van der Waals surface area contributed by atoms with Gasteiger partial charge in [-0.15, -0.1) is 0 Å². The Morgan fingerprint density at radius 2 is 2.13 bits per heavy atom. The van der Waals surface area contributed by atoms with E-state index in [1.54, 1.807) is 0 Å². The van der Waals surface area contributed by atoms with Gasteiger partial charge in [0.15, 0.2) is 0 Å². The first-order valence-electron chi connectivity index (χ1n) is 5.63. The van der Waals surface area contributed by atoms with Crippen molar-refractivity contribution in [3.63, 3.8) is 0 Å². The number of hydrogen-bond donors (Lipinski definition) is 2. The van der Waals surface area contributed by atoms with E-state index >= 15 is 0 Å². The number of hydrogen-bond acceptors (Lipinski definition) is 2. The molecule has 0 aromatic heterocycles. The molecule has 0 amide bonds. The van der Waals surface area contributed by atoms with E-state index in [0.717, 1.165) is 23.2 Å². The maximum Gasteiger partial charge on any atom is 0.0593 e. The van der Waals surface area contributed by atoms with Gasteiger partial charge in [0.1, 0.15) is 0 Å². The zero-order chi connectivity index (χ0) is 10.3. The quantitative estimate of drug-likeness (QED) is 0.704. The van der Waals surface area contributed by atoms with Gasteiger partial charge < -0.3 is 10.6 Å². The summed E-state index contributed by atoms with van der Waals surface area (Å²) >= 11 is 6.01. The predicted octanol–water partition coefficient (Wildman–Crippen LogP) is 3.35. The number of fused-ring (bicyclic) bond motifs is 2. The molecule has 15 heavy (non-hydrogen) atoms. The largest absolute Gasteiger partial charge is 0.383 e. The monoisotopic (exact) mass is 222 g/mol. The molecule has 1 saturated carbocycles.